The number of nitrogens with zero attached hydrogens (tertiary/aromatic N) is 4. The highest BCUT2D eigenvalue weighted by Gasteiger charge is 2.21. The zero-order valence-corrected chi connectivity index (χ0v) is 16.1. The van der Waals surface area contributed by atoms with Crippen LogP contribution in [-0.4, -0.2) is 60.0 Å². The van der Waals surface area contributed by atoms with Crippen LogP contribution in [0.5, 0.6) is 0 Å². The number of rotatable bonds is 6. The summed E-state index contributed by atoms with van der Waals surface area (Å²) in [4.78, 5) is 17.3. The fourth-order valence-electron chi connectivity index (χ4n) is 3.34. The summed E-state index contributed by atoms with van der Waals surface area (Å²) in [5.74, 6) is -0.471. The Balaban J connectivity index is 1.53. The molecule has 7 heteroatoms. The van der Waals surface area contributed by atoms with E-state index in [4.69, 9.17) is 4.74 Å². The van der Waals surface area contributed by atoms with E-state index in [9.17, 15) is 9.18 Å². The molecule has 0 N–H and O–H groups in total. The number of para-hydroxylation sites is 1. The van der Waals surface area contributed by atoms with E-state index in [-0.39, 0.29) is 11.7 Å². The Hall–Kier alpha value is -3.03. The number of amides is 1. The molecule has 150 valence electrons. The van der Waals surface area contributed by atoms with E-state index < -0.39 is 0 Å². The molecule has 1 amide bonds. The molecule has 0 atom stereocenters. The van der Waals surface area contributed by atoms with Crippen LogP contribution in [0.3, 0.4) is 0 Å². The van der Waals surface area contributed by atoms with Crippen molar-refractivity contribution in [1.82, 2.24) is 14.7 Å². The van der Waals surface area contributed by atoms with Crippen molar-refractivity contribution in [3.8, 4) is 5.69 Å². The average molecular weight is 394 g/mol. The van der Waals surface area contributed by atoms with Gasteiger partial charge in [0.1, 0.15) is 5.82 Å². The molecule has 29 heavy (non-hydrogen) atoms. The molecule has 1 saturated heterocycles. The Morgan fingerprint density at radius 1 is 1.03 bits per heavy atom. The molecule has 0 spiro atoms. The van der Waals surface area contributed by atoms with Gasteiger partial charge in [-0.05, 0) is 42.5 Å². The number of aromatic nitrogens is 2. The molecule has 3 aromatic rings. The highest BCUT2D eigenvalue weighted by Crippen LogP contribution is 2.17. The predicted octanol–water partition coefficient (Wildman–Crippen LogP) is 2.99. The fourth-order valence-corrected chi connectivity index (χ4v) is 3.34. The minimum absolute atomic E-state index is 0.162. The summed E-state index contributed by atoms with van der Waals surface area (Å²) >= 11 is 0. The van der Waals surface area contributed by atoms with Crippen LogP contribution in [0.15, 0.2) is 66.9 Å². The Morgan fingerprint density at radius 2 is 1.76 bits per heavy atom. The van der Waals surface area contributed by atoms with Crippen LogP contribution in [0.2, 0.25) is 0 Å². The molecule has 0 bridgehead atoms. The van der Waals surface area contributed by atoms with Gasteiger partial charge in [-0.1, -0.05) is 18.2 Å². The summed E-state index contributed by atoms with van der Waals surface area (Å²) in [6.45, 7) is 4.52. The Kier molecular flexibility index (Phi) is 5.97. The zero-order chi connectivity index (χ0) is 20.1. The lowest BCUT2D eigenvalue weighted by Crippen LogP contribution is -2.43. The van der Waals surface area contributed by atoms with Crippen LogP contribution in [0.4, 0.5) is 10.1 Å². The second-order valence-corrected chi connectivity index (χ2v) is 6.87. The number of anilines is 1. The maximum Gasteiger partial charge on any atom is 0.278 e. The van der Waals surface area contributed by atoms with Crippen molar-refractivity contribution in [1.29, 1.82) is 0 Å². The minimum atomic E-state index is -0.310. The number of hydrogen-bond acceptors (Lipinski definition) is 4. The van der Waals surface area contributed by atoms with Gasteiger partial charge >= 0.3 is 0 Å². The highest BCUT2D eigenvalue weighted by atomic mass is 19.1. The lowest BCUT2D eigenvalue weighted by Gasteiger charge is -2.30. The third kappa shape index (κ3) is 4.70. The Labute approximate surface area is 169 Å². The van der Waals surface area contributed by atoms with Gasteiger partial charge in [0.2, 0.25) is 0 Å². The normalized spacial score (nSPS) is 14.7. The molecule has 4 rings (SSSR count). The Morgan fingerprint density at radius 3 is 2.48 bits per heavy atom. The molecule has 1 aliphatic heterocycles. The zero-order valence-electron chi connectivity index (χ0n) is 16.1. The molecule has 6 nitrogen and oxygen atoms in total. The van der Waals surface area contributed by atoms with Crippen LogP contribution >= 0.6 is 0 Å². The highest BCUT2D eigenvalue weighted by molar-refractivity contribution is 6.04. The molecule has 2 heterocycles. The quantitative estimate of drug-likeness (QED) is 0.645. The second-order valence-electron chi connectivity index (χ2n) is 6.87. The van der Waals surface area contributed by atoms with Crippen molar-refractivity contribution >= 4 is 11.6 Å². The van der Waals surface area contributed by atoms with Gasteiger partial charge in [0.05, 0.1) is 18.9 Å². The van der Waals surface area contributed by atoms with E-state index in [0.29, 0.717) is 17.9 Å². The predicted molar refractivity (Wildman–Crippen MR) is 109 cm³/mol. The molecule has 1 fully saturated rings. The second kappa shape index (κ2) is 8.98. The first-order chi connectivity index (χ1) is 14.2. The van der Waals surface area contributed by atoms with Crippen molar-refractivity contribution in [2.75, 3.05) is 44.3 Å². The fraction of sp³-hybridized carbons (Fsp3) is 0.273. The topological polar surface area (TPSA) is 50.6 Å². The smallest absolute Gasteiger partial charge is 0.278 e. The summed E-state index contributed by atoms with van der Waals surface area (Å²) in [6.07, 6.45) is 1.71. The maximum absolute atomic E-state index is 13.3. The van der Waals surface area contributed by atoms with E-state index in [2.05, 4.69) is 10.00 Å². The molecular weight excluding hydrogens is 371 g/mol. The van der Waals surface area contributed by atoms with Gasteiger partial charge in [-0.3, -0.25) is 9.69 Å². The number of carbonyl (C=O) groups is 1. The summed E-state index contributed by atoms with van der Waals surface area (Å²) < 4.78 is 20.1. The van der Waals surface area contributed by atoms with Gasteiger partial charge in [-0.25, -0.2) is 9.07 Å². The first-order valence-electron chi connectivity index (χ1n) is 9.69. The van der Waals surface area contributed by atoms with Crippen molar-refractivity contribution in [2.24, 2.45) is 0 Å². The van der Waals surface area contributed by atoms with Gasteiger partial charge in [0.15, 0.2) is 5.69 Å². The van der Waals surface area contributed by atoms with Gasteiger partial charge < -0.3 is 9.64 Å². The lowest BCUT2D eigenvalue weighted by atomic mass is 10.2. The molecular formula is C22H23FN4O2. The maximum atomic E-state index is 13.3. The number of ether oxygens (including phenoxy) is 1. The van der Waals surface area contributed by atoms with Crippen LogP contribution in [-0.2, 0) is 4.74 Å². The van der Waals surface area contributed by atoms with E-state index in [1.807, 2.05) is 30.3 Å². The molecule has 0 radical (unpaired) electrons. The summed E-state index contributed by atoms with van der Waals surface area (Å²) in [7, 11) is 0. The number of benzene rings is 2. The van der Waals surface area contributed by atoms with Gasteiger partial charge in [-0.2, -0.15) is 5.10 Å². The number of hydrogen-bond donors (Lipinski definition) is 0. The summed E-state index contributed by atoms with van der Waals surface area (Å²) in [5, 5.41) is 4.42. The lowest BCUT2D eigenvalue weighted by molar-refractivity contribution is 0.0391. The van der Waals surface area contributed by atoms with E-state index >= 15 is 0 Å². The summed E-state index contributed by atoms with van der Waals surface area (Å²) in [6, 6.07) is 17.3. The van der Waals surface area contributed by atoms with Gasteiger partial charge in [0.25, 0.3) is 5.91 Å². The van der Waals surface area contributed by atoms with Crippen molar-refractivity contribution in [3.63, 3.8) is 0 Å². The van der Waals surface area contributed by atoms with Gasteiger partial charge in [0, 0.05) is 38.1 Å². The van der Waals surface area contributed by atoms with Crippen molar-refractivity contribution < 1.29 is 13.9 Å². The molecule has 2 aromatic carbocycles. The molecule has 0 unspecified atom stereocenters. The number of morpholine rings is 1. The first-order valence-corrected chi connectivity index (χ1v) is 9.69. The third-order valence-electron chi connectivity index (χ3n) is 4.96. The Bertz CT molecular complexity index is 937. The van der Waals surface area contributed by atoms with Crippen molar-refractivity contribution in [2.45, 2.75) is 0 Å². The van der Waals surface area contributed by atoms with Crippen LogP contribution in [0.25, 0.3) is 5.69 Å². The van der Waals surface area contributed by atoms with E-state index in [0.717, 1.165) is 38.5 Å². The van der Waals surface area contributed by atoms with Gasteiger partial charge in [-0.15, -0.1) is 0 Å². The van der Waals surface area contributed by atoms with E-state index in [1.54, 1.807) is 34.0 Å². The number of carbonyl (C=O) groups excluding carboxylic acids is 1. The van der Waals surface area contributed by atoms with E-state index in [1.165, 1.54) is 12.1 Å². The largest absolute Gasteiger partial charge is 0.379 e. The molecule has 1 aliphatic rings. The van der Waals surface area contributed by atoms with Crippen molar-refractivity contribution in [3.05, 3.63) is 78.4 Å². The SMILES string of the molecule is O=C(c1ccn(-c2ccc(F)cc2)n1)N(CCN1CCOCC1)c1ccccc1. The first kappa shape index (κ1) is 19.3. The molecule has 0 saturated carbocycles. The average Bonchev–Trinajstić information content (AvgIpc) is 3.26. The van der Waals surface area contributed by atoms with Crippen LogP contribution < -0.4 is 4.90 Å². The van der Waals surface area contributed by atoms with Crippen LogP contribution in [0.1, 0.15) is 10.5 Å². The summed E-state index contributed by atoms with van der Waals surface area (Å²) in [5.41, 5.74) is 1.88. The molecule has 1 aromatic heterocycles. The minimum Gasteiger partial charge on any atom is -0.379 e. The van der Waals surface area contributed by atoms with Crippen LogP contribution in [0, 0.1) is 5.82 Å². The monoisotopic (exact) mass is 394 g/mol. The standard InChI is InChI=1S/C22H23FN4O2/c23-18-6-8-20(9-7-18)27-11-10-21(24-27)22(28)26(19-4-2-1-3-5-19)13-12-25-14-16-29-17-15-25/h1-11H,12-17H2. The molecule has 0 aliphatic carbocycles. The number of halogens is 1. The third-order valence-corrected chi connectivity index (χ3v) is 4.96.